The number of carboxylic acid groups (broad SMARTS) is 2. The third-order valence-electron chi connectivity index (χ3n) is 16.6. The summed E-state index contributed by atoms with van der Waals surface area (Å²) in [5, 5.41) is 102. The first kappa shape index (κ1) is 62.0. The number of carbonyl (C=O) groups is 4. The molecule has 4 saturated heterocycles. The lowest BCUT2D eigenvalue weighted by molar-refractivity contribution is -0.271. The highest BCUT2D eigenvalue weighted by Crippen LogP contribution is 2.40. The Labute approximate surface area is 486 Å². The van der Waals surface area contributed by atoms with Crippen LogP contribution in [0.15, 0.2) is 60.7 Å². The second-order valence-corrected chi connectivity index (χ2v) is 23.5. The van der Waals surface area contributed by atoms with E-state index in [-0.39, 0.29) is 57.8 Å². The predicted octanol–water partition coefficient (Wildman–Crippen LogP) is 1.38. The number of hydrogen-bond donors (Lipinski definition) is 10. The van der Waals surface area contributed by atoms with Gasteiger partial charge in [-0.05, 0) is 82.6 Å². The summed E-state index contributed by atoms with van der Waals surface area (Å²) in [6.45, 7) is 18.9. The van der Waals surface area contributed by atoms with Crippen LogP contribution in [0.3, 0.4) is 0 Å². The first-order valence-corrected chi connectivity index (χ1v) is 28.4. The highest BCUT2D eigenvalue weighted by atomic mass is 16.7. The van der Waals surface area contributed by atoms with Crippen molar-refractivity contribution in [3.8, 4) is 23.0 Å². The molecule has 10 N–H and O–H groups in total. The van der Waals surface area contributed by atoms with Gasteiger partial charge in [0.05, 0.1) is 11.1 Å². The van der Waals surface area contributed by atoms with Gasteiger partial charge in [0.1, 0.15) is 59.6 Å². The number of amides is 2. The van der Waals surface area contributed by atoms with E-state index in [1.807, 2.05) is 33.8 Å². The fraction of sp³-hybridized carbons (Fsp3) is 0.533. The summed E-state index contributed by atoms with van der Waals surface area (Å²) >= 11 is 0. The van der Waals surface area contributed by atoms with Crippen LogP contribution in [0.1, 0.15) is 105 Å². The maximum atomic E-state index is 13.9. The van der Waals surface area contributed by atoms with Gasteiger partial charge in [-0.25, -0.2) is 9.59 Å². The van der Waals surface area contributed by atoms with Crippen molar-refractivity contribution in [3.05, 3.63) is 116 Å². The number of phenols is 2. The minimum absolute atomic E-state index is 0.0501. The van der Waals surface area contributed by atoms with Gasteiger partial charge >= 0.3 is 11.9 Å². The number of fused-ring (bicyclic) bond motifs is 2. The molecule has 0 aliphatic carbocycles. The van der Waals surface area contributed by atoms with Crippen LogP contribution in [-0.4, -0.2) is 232 Å². The Morgan fingerprint density at radius 3 is 1.31 bits per heavy atom. The molecule has 0 aromatic heterocycles. The van der Waals surface area contributed by atoms with Gasteiger partial charge in [0.2, 0.25) is 12.6 Å². The molecule has 24 heteroatoms. The van der Waals surface area contributed by atoms with Gasteiger partial charge in [-0.1, -0.05) is 64.1 Å². The van der Waals surface area contributed by atoms with Crippen molar-refractivity contribution in [2.75, 3.05) is 66.5 Å². The Kier molecular flexibility index (Phi) is 19.2. The summed E-state index contributed by atoms with van der Waals surface area (Å²) in [7, 11) is 4.25. The summed E-state index contributed by atoms with van der Waals surface area (Å²) < 4.78 is 22.0. The van der Waals surface area contributed by atoms with E-state index >= 15 is 0 Å². The Balaban J connectivity index is 0.000000202. The van der Waals surface area contributed by atoms with Crippen molar-refractivity contribution < 1.29 is 89.2 Å². The molecule has 456 valence electrons. The van der Waals surface area contributed by atoms with E-state index in [0.717, 1.165) is 87.7 Å². The van der Waals surface area contributed by atoms with Gasteiger partial charge in [0, 0.05) is 104 Å². The summed E-state index contributed by atoms with van der Waals surface area (Å²) in [4.78, 5) is 63.4. The number of carbonyl (C=O) groups excluding carboxylic acids is 2. The second-order valence-electron chi connectivity index (χ2n) is 23.5. The van der Waals surface area contributed by atoms with Gasteiger partial charge in [-0.15, -0.1) is 0 Å². The number of aliphatic carboxylic acids is 2. The molecule has 2 unspecified atom stereocenters. The van der Waals surface area contributed by atoms with Gasteiger partial charge in [-0.3, -0.25) is 19.4 Å². The minimum atomic E-state index is -1.89. The molecule has 10 rings (SSSR count). The number of nitrogens with zero attached hydrogens (tertiary/aromatic N) is 6. The molecule has 6 aliphatic rings. The molecule has 84 heavy (non-hydrogen) atoms. The van der Waals surface area contributed by atoms with Crippen molar-refractivity contribution in [3.63, 3.8) is 0 Å². The van der Waals surface area contributed by atoms with Gasteiger partial charge in [-0.2, -0.15) is 0 Å². The van der Waals surface area contributed by atoms with Crippen molar-refractivity contribution in [1.29, 1.82) is 0 Å². The molecule has 24 nitrogen and oxygen atoms in total. The average Bonchev–Trinajstić information content (AvgIpc) is 1.94. The molecule has 0 bridgehead atoms. The van der Waals surface area contributed by atoms with E-state index in [4.69, 9.17) is 18.9 Å². The van der Waals surface area contributed by atoms with E-state index in [9.17, 15) is 70.2 Å². The molecule has 6 aliphatic heterocycles. The zero-order valence-corrected chi connectivity index (χ0v) is 48.0. The van der Waals surface area contributed by atoms with Crippen LogP contribution in [0.5, 0.6) is 23.0 Å². The smallest absolute Gasteiger partial charge is 0.335 e. The average molecular weight is 1170 g/mol. The second kappa shape index (κ2) is 26.0. The van der Waals surface area contributed by atoms with Crippen molar-refractivity contribution >= 4 is 23.8 Å². The van der Waals surface area contributed by atoms with Crippen LogP contribution in [-0.2, 0) is 58.3 Å². The zero-order valence-electron chi connectivity index (χ0n) is 48.0. The van der Waals surface area contributed by atoms with Crippen LogP contribution in [0.25, 0.3) is 0 Å². The van der Waals surface area contributed by atoms with E-state index in [1.165, 1.54) is 35.4 Å². The van der Waals surface area contributed by atoms with Crippen molar-refractivity contribution in [2.24, 2.45) is 0 Å². The van der Waals surface area contributed by atoms with Crippen LogP contribution >= 0.6 is 0 Å². The summed E-state index contributed by atoms with van der Waals surface area (Å²) in [6.07, 6.45) is -18.1. The molecule has 10 atom stereocenters. The lowest BCUT2D eigenvalue weighted by Crippen LogP contribution is -2.61. The summed E-state index contributed by atoms with van der Waals surface area (Å²) in [6, 6.07) is 18.1. The Morgan fingerprint density at radius 2 is 0.881 bits per heavy atom. The molecule has 0 spiro atoms. The number of piperazine rings is 2. The first-order valence-electron chi connectivity index (χ1n) is 28.4. The highest BCUT2D eigenvalue weighted by molar-refractivity contribution is 5.98. The molecule has 4 aromatic rings. The predicted molar refractivity (Wildman–Crippen MR) is 300 cm³/mol. The van der Waals surface area contributed by atoms with E-state index in [2.05, 4.69) is 64.0 Å². The number of aromatic hydroxyl groups is 2. The van der Waals surface area contributed by atoms with Crippen LogP contribution in [0.4, 0.5) is 0 Å². The quantitative estimate of drug-likeness (QED) is 0.0853. The fourth-order valence-electron chi connectivity index (χ4n) is 11.4. The minimum Gasteiger partial charge on any atom is -0.508 e. The van der Waals surface area contributed by atoms with Crippen LogP contribution in [0.2, 0.25) is 0 Å². The number of aliphatic hydroxyl groups excluding tert-OH is 6. The molecule has 6 heterocycles. The number of benzene rings is 4. The maximum Gasteiger partial charge on any atom is 0.335 e. The zero-order chi connectivity index (χ0) is 60.6. The number of ether oxygens (including phenoxy) is 4. The third-order valence-corrected chi connectivity index (χ3v) is 16.6. The van der Waals surface area contributed by atoms with E-state index in [0.29, 0.717) is 37.3 Å². The van der Waals surface area contributed by atoms with Gasteiger partial charge < -0.3 is 89.6 Å². The monoisotopic (exact) mass is 1170 g/mol. The first-order chi connectivity index (χ1) is 39.8. The molecule has 2 amide bonds. The Bertz CT molecular complexity index is 3060. The SMILES string of the molecule is CC(C)c1cc(C(=O)N2Cc3ccc(CN4CCN(C)CC4)cc3C2)c(O)cc1OC1O[C@H](C(=O)O)[C@@H](O)[C@H](O)[C@H]1O.CC(C)c1cc(C(=O)N2Cc3ccc(CN4CCN(C)CC4)cc3C2)c(OC2O[C@H](C(=O)O)[C@@H](O)[C@H](O)[C@H]2O)cc1O. The normalized spacial score (nSPS) is 26.8. The molecule has 0 saturated carbocycles. The number of carboxylic acids is 2. The Morgan fingerprint density at radius 1 is 0.488 bits per heavy atom. The number of hydrogen-bond acceptors (Lipinski definition) is 20. The fourth-order valence-corrected chi connectivity index (χ4v) is 11.4. The number of rotatable bonds is 14. The number of aliphatic hydroxyl groups is 6. The Hall–Kier alpha value is -6.52. The number of phenolic OH excluding ortho intramolecular Hbond substituents is 2. The van der Waals surface area contributed by atoms with Gasteiger partial charge in [0.25, 0.3) is 11.8 Å². The molecule has 0 radical (unpaired) electrons. The van der Waals surface area contributed by atoms with Crippen molar-refractivity contribution in [2.45, 2.75) is 140 Å². The lowest BCUT2D eigenvalue weighted by Gasteiger charge is -2.38. The summed E-state index contributed by atoms with van der Waals surface area (Å²) in [5.74, 6) is -4.77. The molecule has 4 aromatic carbocycles. The maximum absolute atomic E-state index is 13.9. The topological polar surface area (TPSA) is 327 Å². The van der Waals surface area contributed by atoms with Crippen LogP contribution < -0.4 is 9.47 Å². The molecular formula is C60H78N6O18. The highest BCUT2D eigenvalue weighted by Gasteiger charge is 2.50. The largest absolute Gasteiger partial charge is 0.508 e. The lowest BCUT2D eigenvalue weighted by atomic mass is 9.97. The number of likely N-dealkylation sites (N-methyl/N-ethyl adjacent to an activating group) is 2. The molecule has 4 fully saturated rings. The third kappa shape index (κ3) is 13.6. The van der Waals surface area contributed by atoms with Crippen LogP contribution in [0, 0.1) is 0 Å². The van der Waals surface area contributed by atoms with Crippen molar-refractivity contribution in [1.82, 2.24) is 29.4 Å². The summed E-state index contributed by atoms with van der Waals surface area (Å²) in [5.41, 5.74) is 7.78. The molecular weight excluding hydrogens is 1090 g/mol. The van der Waals surface area contributed by atoms with Gasteiger partial charge in [0.15, 0.2) is 12.2 Å². The van der Waals surface area contributed by atoms with E-state index in [1.54, 1.807) is 9.80 Å². The standard InChI is InChI=1S/2C30H39N3O9/c1-16(2)20-11-21(22(34)12-23(20)41-30-26(37)24(35)25(36)27(42-30)29(39)40)28(38)33-14-18-5-4-17(10-19(18)15-33)13-32-8-6-31(3)7-9-32;1-16(2)20-11-21(23(12-22(20)34)41-30-26(37)24(35)25(36)27(42-30)29(39)40)28(38)33-14-18-5-4-17(10-19(18)15-33)13-32-8-6-31(3)7-9-32/h2*4-5,10-12,16,24-27,30,34-37H,6-9,13-15H2,1-3H3,(H,39,40)/t2*24-,25-,26+,27-,30?/m00/s1. The van der Waals surface area contributed by atoms with E-state index < -0.39 is 73.4 Å².